The number of ether oxygens (including phenoxy) is 2. The fourth-order valence-electron chi connectivity index (χ4n) is 9.17. The van der Waals surface area contributed by atoms with Crippen molar-refractivity contribution in [1.29, 1.82) is 0 Å². The van der Waals surface area contributed by atoms with Crippen molar-refractivity contribution in [3.05, 3.63) is 24.3 Å². The lowest BCUT2D eigenvalue weighted by Crippen LogP contribution is -2.37. The topological polar surface area (TPSA) is 108 Å². The number of carbonyl (C=O) groups is 2. The molecule has 0 fully saturated rings. The summed E-state index contributed by atoms with van der Waals surface area (Å²) in [4.78, 5) is 35.7. The Kier molecular flexibility index (Phi) is 53.1. The Morgan fingerprint density at radius 2 is 0.750 bits per heavy atom. The minimum atomic E-state index is -4.38. The van der Waals surface area contributed by atoms with E-state index in [-0.39, 0.29) is 25.6 Å². The number of unbranched alkanes of at least 4 members (excludes halogenated alkanes) is 40. The van der Waals surface area contributed by atoms with E-state index in [1.165, 1.54) is 231 Å². The summed E-state index contributed by atoms with van der Waals surface area (Å²) in [6.45, 7) is 4.46. The third-order valence-electron chi connectivity index (χ3n) is 14.0. The molecule has 0 aliphatic heterocycles. The quantitative estimate of drug-likeness (QED) is 0.0211. The fraction of sp³-hybridized carbons (Fsp3) is 0.903. The second-order valence-corrected chi connectivity index (χ2v) is 23.9. The van der Waals surface area contributed by atoms with Crippen LogP contribution in [0.15, 0.2) is 24.3 Å². The van der Waals surface area contributed by atoms with E-state index in [0.29, 0.717) is 23.9 Å². The van der Waals surface area contributed by atoms with Crippen LogP contribution in [0.4, 0.5) is 0 Å². The number of esters is 2. The van der Waals surface area contributed by atoms with Gasteiger partial charge in [-0.05, 0) is 44.9 Å². The lowest BCUT2D eigenvalue weighted by molar-refractivity contribution is -0.870. The van der Waals surface area contributed by atoms with E-state index in [0.717, 1.165) is 44.9 Å². The molecule has 10 heteroatoms. The predicted molar refractivity (Wildman–Crippen MR) is 307 cm³/mol. The zero-order valence-corrected chi connectivity index (χ0v) is 49.3. The van der Waals surface area contributed by atoms with E-state index >= 15 is 0 Å². The molecule has 2 atom stereocenters. The summed E-state index contributed by atoms with van der Waals surface area (Å²) in [5.74, 6) is -0.785. The number of likely N-dealkylation sites (N-methyl/N-ethyl adjacent to an activating group) is 1. The normalized spacial score (nSPS) is 13.4. The van der Waals surface area contributed by atoms with Gasteiger partial charge in [-0.15, -0.1) is 0 Å². The van der Waals surface area contributed by atoms with Gasteiger partial charge < -0.3 is 18.9 Å². The van der Waals surface area contributed by atoms with Gasteiger partial charge in [-0.1, -0.05) is 276 Å². The smallest absolute Gasteiger partial charge is 0.462 e. The van der Waals surface area contributed by atoms with Crippen LogP contribution in [-0.4, -0.2) is 74.9 Å². The SMILES string of the molecule is CCCCC/C=C\C/C=C\CCCCCCCCCCCC(=O)OC(COC(=O)CCCCCCCCCCCCCCCCCCCCCCCCCCCCCCC)COP(=O)(O)OCC[N+](C)(C)C. The maximum Gasteiger partial charge on any atom is 0.472 e. The number of hydrogen-bond donors (Lipinski definition) is 1. The number of phosphoric acid groups is 1. The molecule has 0 heterocycles. The lowest BCUT2D eigenvalue weighted by Gasteiger charge is -2.24. The van der Waals surface area contributed by atoms with E-state index in [4.69, 9.17) is 18.5 Å². The molecule has 0 amide bonds. The van der Waals surface area contributed by atoms with E-state index in [1.54, 1.807) is 0 Å². The fourth-order valence-corrected chi connectivity index (χ4v) is 9.91. The van der Waals surface area contributed by atoms with E-state index in [9.17, 15) is 19.0 Å². The summed E-state index contributed by atoms with van der Waals surface area (Å²) in [6, 6.07) is 0. The Bertz CT molecular complexity index is 1270. The minimum Gasteiger partial charge on any atom is -0.462 e. The van der Waals surface area contributed by atoms with Crippen molar-refractivity contribution in [1.82, 2.24) is 0 Å². The molecule has 0 aromatic carbocycles. The van der Waals surface area contributed by atoms with Crippen molar-refractivity contribution in [3.63, 3.8) is 0 Å². The molecule has 9 nitrogen and oxygen atoms in total. The van der Waals surface area contributed by atoms with Crippen LogP contribution in [0.25, 0.3) is 0 Å². The predicted octanol–water partition coefficient (Wildman–Crippen LogP) is 19.4. The Hall–Kier alpha value is -1.51. The molecule has 426 valence electrons. The Morgan fingerprint density at radius 3 is 1.12 bits per heavy atom. The number of allylic oxidation sites excluding steroid dienone is 4. The van der Waals surface area contributed by atoms with Gasteiger partial charge in [0.05, 0.1) is 27.7 Å². The monoisotopic (exact) mass is 1040 g/mol. The van der Waals surface area contributed by atoms with Crippen LogP contribution in [0.3, 0.4) is 0 Å². The minimum absolute atomic E-state index is 0.0333. The highest BCUT2D eigenvalue weighted by Crippen LogP contribution is 2.43. The molecule has 0 radical (unpaired) electrons. The average Bonchev–Trinajstić information content (AvgIpc) is 3.34. The third-order valence-corrected chi connectivity index (χ3v) is 15.0. The van der Waals surface area contributed by atoms with Crippen molar-refractivity contribution >= 4 is 19.8 Å². The van der Waals surface area contributed by atoms with Gasteiger partial charge in [0.2, 0.25) is 0 Å². The second kappa shape index (κ2) is 54.3. The van der Waals surface area contributed by atoms with Crippen LogP contribution in [-0.2, 0) is 32.7 Å². The van der Waals surface area contributed by atoms with Crippen molar-refractivity contribution in [2.75, 3.05) is 47.5 Å². The molecule has 0 spiro atoms. The lowest BCUT2D eigenvalue weighted by atomic mass is 10.0. The van der Waals surface area contributed by atoms with E-state index in [1.807, 2.05) is 21.1 Å². The summed E-state index contributed by atoms with van der Waals surface area (Å²) < 4.78 is 34.6. The maximum absolute atomic E-state index is 12.8. The molecule has 1 N–H and O–H groups in total. The molecule has 0 rings (SSSR count). The van der Waals surface area contributed by atoms with Gasteiger partial charge in [-0.2, -0.15) is 0 Å². The summed E-state index contributed by atoms with van der Waals surface area (Å²) in [5, 5.41) is 0. The highest BCUT2D eigenvalue weighted by atomic mass is 31.2. The number of rotatable bonds is 58. The van der Waals surface area contributed by atoms with Crippen LogP contribution in [0.5, 0.6) is 0 Å². The first-order chi connectivity index (χ1) is 35.0. The first-order valence-electron chi connectivity index (χ1n) is 31.1. The van der Waals surface area contributed by atoms with E-state index < -0.39 is 26.5 Å². The molecule has 0 bridgehead atoms. The number of nitrogens with zero attached hydrogens (tertiary/aromatic N) is 1. The molecule has 0 saturated carbocycles. The molecule has 2 unspecified atom stereocenters. The Morgan fingerprint density at radius 1 is 0.431 bits per heavy atom. The maximum atomic E-state index is 12.8. The zero-order valence-electron chi connectivity index (χ0n) is 48.4. The first kappa shape index (κ1) is 70.5. The number of phosphoric ester groups is 1. The molecular formula is C62H121NO8P+. The summed E-state index contributed by atoms with van der Waals surface area (Å²) in [6.07, 6.45) is 65.5. The van der Waals surface area contributed by atoms with Gasteiger partial charge in [0.15, 0.2) is 6.10 Å². The second-order valence-electron chi connectivity index (χ2n) is 22.5. The Labute approximate surface area is 447 Å². The zero-order chi connectivity index (χ0) is 52.7. The van der Waals surface area contributed by atoms with Gasteiger partial charge in [0.25, 0.3) is 0 Å². The molecule has 0 aromatic heterocycles. The van der Waals surface area contributed by atoms with Gasteiger partial charge >= 0.3 is 19.8 Å². The summed E-state index contributed by atoms with van der Waals surface area (Å²) in [7, 11) is 1.49. The molecule has 0 saturated heterocycles. The van der Waals surface area contributed by atoms with Crippen LogP contribution in [0.1, 0.15) is 309 Å². The summed E-state index contributed by atoms with van der Waals surface area (Å²) >= 11 is 0. The molecule has 0 aliphatic rings. The number of hydrogen-bond acceptors (Lipinski definition) is 7. The largest absolute Gasteiger partial charge is 0.472 e. The summed E-state index contributed by atoms with van der Waals surface area (Å²) in [5.41, 5.74) is 0. The van der Waals surface area contributed by atoms with Crippen LogP contribution >= 0.6 is 7.82 Å². The molecule has 0 aromatic rings. The van der Waals surface area contributed by atoms with Crippen LogP contribution < -0.4 is 0 Å². The highest BCUT2D eigenvalue weighted by molar-refractivity contribution is 7.47. The van der Waals surface area contributed by atoms with E-state index in [2.05, 4.69) is 38.2 Å². The molecule has 72 heavy (non-hydrogen) atoms. The van der Waals surface area contributed by atoms with Crippen molar-refractivity contribution in [2.24, 2.45) is 0 Å². The van der Waals surface area contributed by atoms with Gasteiger partial charge in [0.1, 0.15) is 19.8 Å². The standard InChI is InChI=1S/C62H120NO8P/c1-6-8-10-12-14-16-18-20-22-24-26-27-28-29-30-31-32-33-34-35-37-38-40-42-44-46-48-50-52-54-61(64)68-58-60(59-70-72(66,67)69-57-56-63(3,4)5)71-62(65)55-53-51-49-47-45-43-41-39-36-25-23-21-19-17-15-13-11-9-7-2/h15,17,21,23,60H,6-14,16,18-20,22,24-59H2,1-5H3/p+1/b17-15-,23-21-. The van der Waals surface area contributed by atoms with Crippen molar-refractivity contribution in [2.45, 2.75) is 315 Å². The van der Waals surface area contributed by atoms with Crippen LogP contribution in [0.2, 0.25) is 0 Å². The molecule has 0 aliphatic carbocycles. The van der Waals surface area contributed by atoms with Crippen molar-refractivity contribution < 1.29 is 42.1 Å². The first-order valence-corrected chi connectivity index (χ1v) is 32.6. The average molecular weight is 1040 g/mol. The highest BCUT2D eigenvalue weighted by Gasteiger charge is 2.27. The number of quaternary nitrogens is 1. The van der Waals surface area contributed by atoms with Crippen molar-refractivity contribution in [3.8, 4) is 0 Å². The third kappa shape index (κ3) is 57.8. The van der Waals surface area contributed by atoms with Gasteiger partial charge in [-0.3, -0.25) is 18.6 Å². The number of carbonyl (C=O) groups excluding carboxylic acids is 2. The van der Waals surface area contributed by atoms with Gasteiger partial charge in [0, 0.05) is 12.8 Å². The van der Waals surface area contributed by atoms with Crippen LogP contribution in [0, 0.1) is 0 Å². The Balaban J connectivity index is 4.03. The van der Waals surface area contributed by atoms with Gasteiger partial charge in [-0.25, -0.2) is 4.57 Å². The molecular weight excluding hydrogens is 918 g/mol.